The number of anilines is 1. The van der Waals surface area contributed by atoms with Gasteiger partial charge in [-0.15, -0.1) is 0 Å². The highest BCUT2D eigenvalue weighted by molar-refractivity contribution is 7.98. The van der Waals surface area contributed by atoms with Crippen molar-refractivity contribution in [3.63, 3.8) is 0 Å². The molecule has 0 spiro atoms. The number of rotatable bonds is 14. The molecule has 4 N–H and O–H groups in total. The molecule has 0 unspecified atom stereocenters. The van der Waals surface area contributed by atoms with Crippen molar-refractivity contribution in [1.29, 1.82) is 0 Å². The maximum absolute atomic E-state index is 14.3. The zero-order valence-electron chi connectivity index (χ0n) is 26.6. The van der Waals surface area contributed by atoms with Crippen molar-refractivity contribution in [2.45, 2.75) is 77.0 Å². The highest BCUT2D eigenvalue weighted by atomic mass is 32.2. The van der Waals surface area contributed by atoms with Crippen molar-refractivity contribution in [3.8, 4) is 0 Å². The number of carbonyl (C=O) groups excluding carboxylic acids is 6. The van der Waals surface area contributed by atoms with Crippen molar-refractivity contribution < 1.29 is 37.9 Å². The van der Waals surface area contributed by atoms with E-state index in [-0.39, 0.29) is 37.1 Å². The number of hydrogen-bond donors (Lipinski definition) is 3. The van der Waals surface area contributed by atoms with Gasteiger partial charge in [-0.2, -0.15) is 11.8 Å². The lowest BCUT2D eigenvalue weighted by Crippen LogP contribution is -2.58. The van der Waals surface area contributed by atoms with Gasteiger partial charge in [0.05, 0.1) is 13.5 Å². The number of hydrogen-bond acceptors (Lipinski definition) is 10. The molecule has 250 valence electrons. The normalized spacial score (nSPS) is 16.3. The third kappa shape index (κ3) is 8.86. The van der Waals surface area contributed by atoms with Crippen LogP contribution in [0.15, 0.2) is 33.5 Å². The van der Waals surface area contributed by atoms with Gasteiger partial charge in [0, 0.05) is 36.2 Å². The van der Waals surface area contributed by atoms with E-state index >= 15 is 0 Å². The molecule has 0 aliphatic carbocycles. The average molecular weight is 660 g/mol. The molecule has 0 saturated carbocycles. The fourth-order valence-electron chi connectivity index (χ4n) is 5.35. The number of methoxy groups -OCH3 is 1. The molecule has 4 atom stereocenters. The number of likely N-dealkylation sites (tertiary alicyclic amines) is 1. The predicted octanol–water partition coefficient (Wildman–Crippen LogP) is 0.995. The number of ether oxygens (including phenoxy) is 1. The van der Waals surface area contributed by atoms with Crippen LogP contribution in [0.5, 0.6) is 0 Å². The molecule has 1 aliphatic heterocycles. The van der Waals surface area contributed by atoms with E-state index < -0.39 is 65.3 Å². The molecule has 1 aromatic heterocycles. The van der Waals surface area contributed by atoms with E-state index in [1.807, 2.05) is 6.26 Å². The van der Waals surface area contributed by atoms with E-state index in [2.05, 4.69) is 15.4 Å². The molecule has 2 aromatic rings. The van der Waals surface area contributed by atoms with Crippen molar-refractivity contribution in [2.24, 2.45) is 5.73 Å². The van der Waals surface area contributed by atoms with Crippen LogP contribution in [0.25, 0.3) is 11.0 Å². The summed E-state index contributed by atoms with van der Waals surface area (Å²) in [6.07, 6.45) is 2.60. The van der Waals surface area contributed by atoms with Crippen molar-refractivity contribution in [1.82, 2.24) is 15.5 Å². The molecule has 3 rings (SSSR count). The number of amides is 5. The van der Waals surface area contributed by atoms with Gasteiger partial charge in [0.15, 0.2) is 0 Å². The molecule has 0 bridgehead atoms. The minimum Gasteiger partial charge on any atom is -0.469 e. The van der Waals surface area contributed by atoms with E-state index in [0.29, 0.717) is 29.5 Å². The van der Waals surface area contributed by atoms with E-state index in [1.165, 1.54) is 54.7 Å². The Kier molecular flexibility index (Phi) is 12.7. The predicted molar refractivity (Wildman–Crippen MR) is 172 cm³/mol. The van der Waals surface area contributed by atoms with Crippen LogP contribution in [0, 0.1) is 6.92 Å². The van der Waals surface area contributed by atoms with Crippen LogP contribution in [0.4, 0.5) is 5.69 Å². The molecule has 1 aromatic carbocycles. The summed E-state index contributed by atoms with van der Waals surface area (Å²) < 4.78 is 9.90. The van der Waals surface area contributed by atoms with Crippen molar-refractivity contribution in [2.75, 3.05) is 30.6 Å². The summed E-state index contributed by atoms with van der Waals surface area (Å²) in [5, 5.41) is 5.71. The van der Waals surface area contributed by atoms with Gasteiger partial charge in [-0.3, -0.25) is 33.7 Å². The topological polar surface area (TPSA) is 198 Å². The zero-order chi connectivity index (χ0) is 34.1. The highest BCUT2D eigenvalue weighted by Crippen LogP contribution is 2.30. The minimum absolute atomic E-state index is 0.145. The molecule has 0 radical (unpaired) electrons. The summed E-state index contributed by atoms with van der Waals surface area (Å²) in [5.74, 6) is -2.99. The first-order valence-electron chi connectivity index (χ1n) is 14.9. The quantitative estimate of drug-likeness (QED) is 0.194. The zero-order valence-corrected chi connectivity index (χ0v) is 27.4. The molecule has 14 nitrogen and oxygen atoms in total. The number of esters is 1. The number of nitrogens with two attached hydrogens (primary N) is 1. The van der Waals surface area contributed by atoms with E-state index in [0.717, 1.165) is 0 Å². The largest absolute Gasteiger partial charge is 0.469 e. The third-order valence-electron chi connectivity index (χ3n) is 7.79. The number of nitrogens with zero attached hydrogens (tertiary/aromatic N) is 2. The molecule has 46 heavy (non-hydrogen) atoms. The lowest BCUT2D eigenvalue weighted by molar-refractivity contribution is -0.142. The van der Waals surface area contributed by atoms with Gasteiger partial charge in [-0.25, -0.2) is 4.79 Å². The summed E-state index contributed by atoms with van der Waals surface area (Å²) in [5.41, 5.74) is 6.46. The van der Waals surface area contributed by atoms with Crippen LogP contribution in [0.2, 0.25) is 0 Å². The number of benzene rings is 1. The van der Waals surface area contributed by atoms with E-state index in [4.69, 9.17) is 10.2 Å². The molecule has 1 saturated heterocycles. The van der Waals surface area contributed by atoms with Gasteiger partial charge in [0.25, 0.3) is 5.91 Å². The van der Waals surface area contributed by atoms with Crippen LogP contribution in [-0.2, 0) is 33.5 Å². The Labute approximate surface area is 270 Å². The lowest BCUT2D eigenvalue weighted by atomic mass is 10.0. The van der Waals surface area contributed by atoms with Gasteiger partial charge < -0.3 is 30.4 Å². The Balaban J connectivity index is 1.84. The summed E-state index contributed by atoms with van der Waals surface area (Å²) in [6, 6.07) is 2.15. The molecule has 1 aliphatic rings. The molecule has 2 heterocycles. The van der Waals surface area contributed by atoms with Gasteiger partial charge in [-0.05, 0) is 69.7 Å². The molecular formula is C31H41N5O9S. The lowest BCUT2D eigenvalue weighted by Gasteiger charge is -2.35. The minimum atomic E-state index is -1.05. The first-order chi connectivity index (χ1) is 21.8. The van der Waals surface area contributed by atoms with Gasteiger partial charge >= 0.3 is 11.6 Å². The first-order valence-corrected chi connectivity index (χ1v) is 16.3. The van der Waals surface area contributed by atoms with Crippen LogP contribution in [-0.4, -0.2) is 90.2 Å². The van der Waals surface area contributed by atoms with Crippen LogP contribution >= 0.6 is 11.8 Å². The van der Waals surface area contributed by atoms with Crippen LogP contribution in [0.1, 0.15) is 51.5 Å². The van der Waals surface area contributed by atoms with Crippen LogP contribution in [0.3, 0.4) is 0 Å². The Hall–Kier alpha value is -4.40. The maximum Gasteiger partial charge on any atom is 0.336 e. The second-order valence-corrected chi connectivity index (χ2v) is 12.1. The monoisotopic (exact) mass is 659 g/mol. The van der Waals surface area contributed by atoms with Gasteiger partial charge in [0.2, 0.25) is 23.6 Å². The fraction of sp³-hybridized carbons (Fsp3) is 0.516. The molecule has 5 amide bonds. The third-order valence-corrected chi connectivity index (χ3v) is 8.43. The smallest absolute Gasteiger partial charge is 0.336 e. The summed E-state index contributed by atoms with van der Waals surface area (Å²) >= 11 is 1.48. The van der Waals surface area contributed by atoms with Crippen molar-refractivity contribution in [3.05, 3.63) is 40.2 Å². The van der Waals surface area contributed by atoms with Gasteiger partial charge in [-0.1, -0.05) is 0 Å². The number of aryl methyl sites for hydroxylation is 1. The number of primary amides is 1. The van der Waals surface area contributed by atoms with E-state index in [9.17, 15) is 33.6 Å². The second kappa shape index (κ2) is 16.2. The average Bonchev–Trinajstić information content (AvgIpc) is 3.50. The SMILES string of the molecule is COC(=O)CCC(=O)N[C@@H](C)C(=O)N[C@@H](C)C(=O)N1CCC[C@H]1C(=O)N(c1ccc2c(C)cc(=O)oc2c1)[C@@H](CCSC)C(N)=O. The molecular weight excluding hydrogens is 618 g/mol. The van der Waals surface area contributed by atoms with Crippen molar-refractivity contribution >= 4 is 63.9 Å². The van der Waals surface area contributed by atoms with Gasteiger partial charge in [0.1, 0.15) is 29.8 Å². The fourth-order valence-corrected chi connectivity index (χ4v) is 5.80. The first kappa shape index (κ1) is 36.1. The molecule has 15 heteroatoms. The number of carbonyl (C=O) groups is 6. The van der Waals surface area contributed by atoms with Crippen LogP contribution < -0.4 is 26.9 Å². The Morgan fingerprint density at radius 1 is 1.11 bits per heavy atom. The Morgan fingerprint density at radius 2 is 1.83 bits per heavy atom. The molecule has 1 fully saturated rings. The number of thioether (sulfide) groups is 1. The van der Waals surface area contributed by atoms with E-state index in [1.54, 1.807) is 19.1 Å². The Bertz CT molecular complexity index is 1540. The number of nitrogens with one attached hydrogen (secondary N) is 2. The maximum atomic E-state index is 14.3. The summed E-state index contributed by atoms with van der Waals surface area (Å²) in [4.78, 5) is 91.6. The number of fused-ring (bicyclic) bond motifs is 1. The standard InChI is InChI=1S/C31H41N5O9S/c1-17-15-27(39)45-24-16-20(8-9-21(17)24)36(22(28(32)40)12-14-46-5)31(43)23-7-6-13-35(23)30(42)19(3)34-29(41)18(2)33-25(37)10-11-26(38)44-4/h8-9,15-16,18-19,22-23H,6-7,10-14H2,1-5H3,(H2,32,40)(H,33,37)(H,34,41)/t18-,19-,22-,23-/m0/s1. The Morgan fingerprint density at radius 3 is 2.48 bits per heavy atom. The summed E-state index contributed by atoms with van der Waals surface area (Å²) in [6.45, 7) is 4.91. The highest BCUT2D eigenvalue weighted by Gasteiger charge is 2.42. The second-order valence-electron chi connectivity index (χ2n) is 11.1. The summed E-state index contributed by atoms with van der Waals surface area (Å²) in [7, 11) is 1.21.